The number of hydrogen-bond acceptors (Lipinski definition) is 6. The van der Waals surface area contributed by atoms with E-state index in [1.807, 2.05) is 0 Å². The Balaban J connectivity index is 1.61. The SMILES string of the molecule is O=[N+]([O-])c1cc(Cl)cc(C=Nc2ccc3c(c2)OC2(CCCC2)O3)c1[O-]. The van der Waals surface area contributed by atoms with Gasteiger partial charge in [-0.1, -0.05) is 11.6 Å². The second-order valence-electron chi connectivity index (χ2n) is 6.31. The van der Waals surface area contributed by atoms with Crippen molar-refractivity contribution < 1.29 is 19.5 Å². The third-order valence-electron chi connectivity index (χ3n) is 4.50. The molecule has 1 aliphatic carbocycles. The molecule has 0 N–H and O–H groups in total. The number of fused-ring (bicyclic) bond motifs is 1. The molecule has 0 amide bonds. The molecule has 1 aliphatic heterocycles. The Morgan fingerprint density at radius 3 is 2.62 bits per heavy atom. The average Bonchev–Trinajstić information content (AvgIpc) is 3.20. The van der Waals surface area contributed by atoms with Crippen molar-refractivity contribution in [3.8, 4) is 17.2 Å². The van der Waals surface area contributed by atoms with Gasteiger partial charge in [0.1, 0.15) is 0 Å². The van der Waals surface area contributed by atoms with Crippen LogP contribution in [0.2, 0.25) is 5.02 Å². The van der Waals surface area contributed by atoms with Crippen molar-refractivity contribution in [3.05, 3.63) is 51.0 Å². The molecule has 0 atom stereocenters. The molecule has 1 saturated carbocycles. The Labute approximate surface area is 154 Å². The summed E-state index contributed by atoms with van der Waals surface area (Å²) in [4.78, 5) is 14.4. The van der Waals surface area contributed by atoms with E-state index in [0.717, 1.165) is 31.7 Å². The summed E-state index contributed by atoms with van der Waals surface area (Å²) in [5, 5.41) is 23.1. The number of aliphatic imine (C=N–C) groups is 1. The smallest absolute Gasteiger partial charge is 0.263 e. The van der Waals surface area contributed by atoms with Crippen LogP contribution in [0.25, 0.3) is 0 Å². The van der Waals surface area contributed by atoms with Crippen LogP contribution < -0.4 is 14.6 Å². The molecule has 2 aromatic rings. The van der Waals surface area contributed by atoms with Crippen LogP contribution >= 0.6 is 11.6 Å². The van der Waals surface area contributed by atoms with E-state index in [-0.39, 0.29) is 10.6 Å². The van der Waals surface area contributed by atoms with Gasteiger partial charge in [-0.2, -0.15) is 0 Å². The minimum atomic E-state index is -0.757. The van der Waals surface area contributed by atoms with Crippen molar-refractivity contribution in [1.29, 1.82) is 0 Å². The standard InChI is InChI=1S/C18H15ClN2O5/c19-12-7-11(17(22)14(8-12)21(23)24)10-20-13-3-4-15-16(9-13)26-18(25-15)5-1-2-6-18/h3-4,7-10,22H,1-2,5-6H2/p-1. The highest BCUT2D eigenvalue weighted by Gasteiger charge is 2.44. The molecule has 8 heteroatoms. The van der Waals surface area contributed by atoms with E-state index in [2.05, 4.69) is 4.99 Å². The molecule has 2 aliphatic rings. The fourth-order valence-corrected chi connectivity index (χ4v) is 3.48. The zero-order valence-corrected chi connectivity index (χ0v) is 14.4. The lowest BCUT2D eigenvalue weighted by Crippen LogP contribution is -2.34. The summed E-state index contributed by atoms with van der Waals surface area (Å²) >= 11 is 5.85. The van der Waals surface area contributed by atoms with Crippen molar-refractivity contribution in [2.24, 2.45) is 4.99 Å². The number of nitro groups is 1. The second-order valence-corrected chi connectivity index (χ2v) is 6.75. The normalized spacial score (nSPS) is 17.3. The van der Waals surface area contributed by atoms with E-state index in [4.69, 9.17) is 21.1 Å². The van der Waals surface area contributed by atoms with Gasteiger partial charge in [-0.15, -0.1) is 0 Å². The number of hydrogen-bond donors (Lipinski definition) is 0. The number of rotatable bonds is 3. The van der Waals surface area contributed by atoms with Crippen molar-refractivity contribution in [2.45, 2.75) is 31.5 Å². The Morgan fingerprint density at radius 2 is 1.88 bits per heavy atom. The molecular formula is C18H14ClN2O5-. The number of halogens is 1. The fraction of sp³-hybridized carbons (Fsp3) is 0.278. The van der Waals surface area contributed by atoms with Crippen molar-refractivity contribution in [2.75, 3.05) is 0 Å². The molecule has 0 aromatic heterocycles. The zero-order chi connectivity index (χ0) is 18.3. The highest BCUT2D eigenvalue weighted by molar-refractivity contribution is 6.31. The van der Waals surface area contributed by atoms with Crippen LogP contribution in [0, 0.1) is 10.1 Å². The lowest BCUT2D eigenvalue weighted by molar-refractivity contribution is -0.398. The third-order valence-corrected chi connectivity index (χ3v) is 4.72. The topological polar surface area (TPSA) is 97.0 Å². The van der Waals surface area contributed by atoms with Gasteiger partial charge in [0.25, 0.3) is 11.5 Å². The van der Waals surface area contributed by atoms with Crippen LogP contribution in [0.15, 0.2) is 35.3 Å². The van der Waals surface area contributed by atoms with Crippen LogP contribution in [-0.4, -0.2) is 16.9 Å². The van der Waals surface area contributed by atoms with Crippen molar-refractivity contribution in [3.63, 3.8) is 0 Å². The molecule has 26 heavy (non-hydrogen) atoms. The molecule has 4 rings (SSSR count). The maximum atomic E-state index is 12.1. The van der Waals surface area contributed by atoms with Crippen molar-refractivity contribution >= 4 is 29.2 Å². The first-order valence-electron chi connectivity index (χ1n) is 8.17. The Bertz CT molecular complexity index is 922. The molecule has 0 bridgehead atoms. The van der Waals surface area contributed by atoms with E-state index in [1.165, 1.54) is 12.3 Å². The minimum Gasteiger partial charge on any atom is -0.867 e. The first-order valence-corrected chi connectivity index (χ1v) is 8.55. The molecule has 0 unspecified atom stereocenters. The van der Waals surface area contributed by atoms with Gasteiger partial charge in [-0.3, -0.25) is 15.1 Å². The lowest BCUT2D eigenvalue weighted by Gasteiger charge is -2.21. The maximum absolute atomic E-state index is 12.1. The molecule has 0 saturated heterocycles. The van der Waals surface area contributed by atoms with Gasteiger partial charge < -0.3 is 14.6 Å². The molecule has 134 valence electrons. The molecule has 1 fully saturated rings. The predicted octanol–water partition coefficient (Wildman–Crippen LogP) is 4.11. The Morgan fingerprint density at radius 1 is 1.15 bits per heavy atom. The number of nitrogens with zero attached hydrogens (tertiary/aromatic N) is 2. The van der Waals surface area contributed by atoms with Crippen LogP contribution in [0.1, 0.15) is 31.2 Å². The molecule has 1 heterocycles. The van der Waals surface area contributed by atoms with Crippen molar-refractivity contribution in [1.82, 2.24) is 0 Å². The molecule has 2 aromatic carbocycles. The Hall–Kier alpha value is -2.80. The highest BCUT2D eigenvalue weighted by atomic mass is 35.5. The molecular weight excluding hydrogens is 360 g/mol. The summed E-state index contributed by atoms with van der Waals surface area (Å²) in [6.07, 6.45) is 5.11. The van der Waals surface area contributed by atoms with E-state index in [0.29, 0.717) is 17.2 Å². The van der Waals surface area contributed by atoms with E-state index in [1.54, 1.807) is 18.2 Å². The summed E-state index contributed by atoms with van der Waals surface area (Å²) in [6.45, 7) is 0. The number of benzene rings is 2. The van der Waals surface area contributed by atoms with Gasteiger partial charge in [0.2, 0.25) is 0 Å². The minimum absolute atomic E-state index is 0.0501. The van der Waals surface area contributed by atoms with Gasteiger partial charge >= 0.3 is 0 Å². The molecule has 0 radical (unpaired) electrons. The lowest BCUT2D eigenvalue weighted by atomic mass is 10.2. The van der Waals surface area contributed by atoms with Gasteiger partial charge in [0.05, 0.1) is 10.6 Å². The largest absolute Gasteiger partial charge is 0.867 e. The van der Waals surface area contributed by atoms with Gasteiger partial charge in [-0.05, 0) is 42.4 Å². The zero-order valence-electron chi connectivity index (χ0n) is 13.6. The molecule has 1 spiro atoms. The maximum Gasteiger partial charge on any atom is 0.263 e. The average molecular weight is 374 g/mol. The highest BCUT2D eigenvalue weighted by Crippen LogP contribution is 2.47. The van der Waals surface area contributed by atoms with Gasteiger partial charge in [-0.25, -0.2) is 0 Å². The first-order chi connectivity index (χ1) is 12.5. The van der Waals surface area contributed by atoms with E-state index in [9.17, 15) is 15.2 Å². The summed E-state index contributed by atoms with van der Waals surface area (Å²) < 4.78 is 11.9. The second kappa shape index (κ2) is 6.17. The van der Waals surface area contributed by atoms with Gasteiger partial charge in [0.15, 0.2) is 11.5 Å². The monoisotopic (exact) mass is 373 g/mol. The first kappa shape index (κ1) is 16.7. The van der Waals surface area contributed by atoms with Crippen LogP contribution in [0.5, 0.6) is 17.2 Å². The number of nitro benzene ring substituents is 1. The number of ether oxygens (including phenoxy) is 2. The predicted molar refractivity (Wildman–Crippen MR) is 93.7 cm³/mol. The summed E-state index contributed by atoms with van der Waals surface area (Å²) in [5.41, 5.74) is 0.0198. The molecule has 7 nitrogen and oxygen atoms in total. The summed E-state index contributed by atoms with van der Waals surface area (Å²) in [6, 6.07) is 7.61. The Kier molecular flexibility index (Phi) is 3.96. The van der Waals surface area contributed by atoms with E-state index >= 15 is 0 Å². The van der Waals surface area contributed by atoms with E-state index < -0.39 is 22.1 Å². The van der Waals surface area contributed by atoms with Gasteiger partial charge in [0, 0.05) is 36.2 Å². The van der Waals surface area contributed by atoms with Crippen LogP contribution in [0.3, 0.4) is 0 Å². The quantitative estimate of drug-likeness (QED) is 0.458. The fourth-order valence-electron chi connectivity index (χ4n) is 3.26. The third kappa shape index (κ3) is 2.94. The van der Waals surface area contributed by atoms with Crippen LogP contribution in [-0.2, 0) is 0 Å². The summed E-state index contributed by atoms with van der Waals surface area (Å²) in [7, 11) is 0. The van der Waals surface area contributed by atoms with Crippen LogP contribution in [0.4, 0.5) is 11.4 Å². The summed E-state index contributed by atoms with van der Waals surface area (Å²) in [5.74, 6) is 0.00369.